The third kappa shape index (κ3) is 4.35. The summed E-state index contributed by atoms with van der Waals surface area (Å²) < 4.78 is 0. The van der Waals surface area contributed by atoms with E-state index in [1.54, 1.807) is 18.2 Å². The van der Waals surface area contributed by atoms with Gasteiger partial charge in [0.2, 0.25) is 5.91 Å². The highest BCUT2D eigenvalue weighted by Crippen LogP contribution is 2.28. The van der Waals surface area contributed by atoms with Crippen LogP contribution in [0, 0.1) is 5.92 Å². The predicted molar refractivity (Wildman–Crippen MR) is 81.3 cm³/mol. The zero-order chi connectivity index (χ0) is 14.7. The molecule has 0 aromatic heterocycles. The second-order valence-electron chi connectivity index (χ2n) is 5.36. The summed E-state index contributed by atoms with van der Waals surface area (Å²) in [7, 11) is 1.89. The summed E-state index contributed by atoms with van der Waals surface area (Å²) in [5.41, 5.74) is 0.525. The van der Waals surface area contributed by atoms with E-state index in [2.05, 4.69) is 5.32 Å². The summed E-state index contributed by atoms with van der Waals surface area (Å²) in [5, 5.41) is 13.0. The minimum Gasteiger partial charge on any atom is -0.393 e. The second-order valence-corrected chi connectivity index (χ2v) is 6.20. The van der Waals surface area contributed by atoms with Crippen molar-refractivity contribution in [2.75, 3.05) is 25.5 Å². The van der Waals surface area contributed by atoms with Gasteiger partial charge in [-0.05, 0) is 44.0 Å². The fraction of sp³-hybridized carbons (Fsp3) is 0.500. The van der Waals surface area contributed by atoms with Gasteiger partial charge in [-0.15, -0.1) is 0 Å². The number of carbonyl (C=O) groups excluding carboxylic acids is 1. The lowest BCUT2D eigenvalue weighted by molar-refractivity contribution is -0.117. The van der Waals surface area contributed by atoms with Gasteiger partial charge < -0.3 is 10.4 Å². The molecule has 1 aromatic rings. The van der Waals surface area contributed by atoms with Crippen LogP contribution in [0.5, 0.6) is 0 Å². The maximum Gasteiger partial charge on any atom is 0.238 e. The zero-order valence-electron chi connectivity index (χ0n) is 11.3. The van der Waals surface area contributed by atoms with Crippen LogP contribution in [0.2, 0.25) is 10.0 Å². The van der Waals surface area contributed by atoms with E-state index in [0.29, 0.717) is 21.7 Å². The molecule has 1 amide bonds. The number of anilines is 1. The van der Waals surface area contributed by atoms with Crippen LogP contribution in [0.1, 0.15) is 12.8 Å². The lowest BCUT2D eigenvalue weighted by Crippen LogP contribution is -2.39. The Morgan fingerprint density at radius 1 is 1.45 bits per heavy atom. The molecule has 2 N–H and O–H groups in total. The first-order valence-electron chi connectivity index (χ1n) is 6.55. The van der Waals surface area contributed by atoms with E-state index in [1.807, 2.05) is 11.9 Å². The molecule has 20 heavy (non-hydrogen) atoms. The van der Waals surface area contributed by atoms with Crippen LogP contribution >= 0.6 is 23.2 Å². The van der Waals surface area contributed by atoms with Gasteiger partial charge in [0.1, 0.15) is 0 Å². The summed E-state index contributed by atoms with van der Waals surface area (Å²) in [6, 6.07) is 4.95. The summed E-state index contributed by atoms with van der Waals surface area (Å²) >= 11 is 11.9. The van der Waals surface area contributed by atoms with Crippen molar-refractivity contribution in [2.45, 2.75) is 18.9 Å². The standard InChI is InChI=1S/C14H18Cl2N2O2/c1-18(7-9-4-11(19)5-9)8-14(20)17-13-6-10(15)2-3-12(13)16/h2-3,6,9,11,19H,4-5,7-8H2,1H3,(H,17,20). The number of amides is 1. The predicted octanol–water partition coefficient (Wildman–Crippen LogP) is 2.63. The molecule has 1 aliphatic carbocycles. The van der Waals surface area contributed by atoms with Gasteiger partial charge in [-0.3, -0.25) is 9.69 Å². The lowest BCUT2D eigenvalue weighted by atomic mass is 9.82. The summed E-state index contributed by atoms with van der Waals surface area (Å²) in [5.74, 6) is 0.356. The molecule has 0 bridgehead atoms. The van der Waals surface area contributed by atoms with E-state index >= 15 is 0 Å². The molecule has 4 nitrogen and oxygen atoms in total. The van der Waals surface area contributed by atoms with E-state index in [9.17, 15) is 9.90 Å². The maximum atomic E-state index is 11.9. The molecule has 0 saturated heterocycles. The molecule has 2 rings (SSSR count). The number of halogens is 2. The van der Waals surface area contributed by atoms with Crippen LogP contribution in [0.25, 0.3) is 0 Å². The Balaban J connectivity index is 1.81. The Kier molecular flexibility index (Phi) is 5.27. The molecular weight excluding hydrogens is 299 g/mol. The molecule has 0 atom stereocenters. The van der Waals surface area contributed by atoms with Gasteiger partial charge in [0, 0.05) is 11.6 Å². The number of nitrogens with zero attached hydrogens (tertiary/aromatic N) is 1. The van der Waals surface area contributed by atoms with Crippen molar-refractivity contribution in [2.24, 2.45) is 5.92 Å². The Bertz CT molecular complexity index is 490. The van der Waals surface area contributed by atoms with Gasteiger partial charge in [0.05, 0.1) is 23.4 Å². The number of likely N-dealkylation sites (N-methyl/N-ethyl adjacent to an activating group) is 1. The van der Waals surface area contributed by atoms with E-state index in [4.69, 9.17) is 23.2 Å². The Morgan fingerprint density at radius 2 is 2.15 bits per heavy atom. The highest BCUT2D eigenvalue weighted by molar-refractivity contribution is 6.35. The van der Waals surface area contributed by atoms with E-state index < -0.39 is 0 Å². The van der Waals surface area contributed by atoms with Crippen molar-refractivity contribution >= 4 is 34.8 Å². The first-order valence-corrected chi connectivity index (χ1v) is 7.31. The van der Waals surface area contributed by atoms with Crippen molar-refractivity contribution in [3.63, 3.8) is 0 Å². The SMILES string of the molecule is CN(CC(=O)Nc1cc(Cl)ccc1Cl)CC1CC(O)C1. The second kappa shape index (κ2) is 6.76. The zero-order valence-corrected chi connectivity index (χ0v) is 12.8. The van der Waals surface area contributed by atoms with Crippen LogP contribution < -0.4 is 5.32 Å². The van der Waals surface area contributed by atoms with Crippen LogP contribution in [-0.4, -0.2) is 42.2 Å². The van der Waals surface area contributed by atoms with Crippen LogP contribution in [0.4, 0.5) is 5.69 Å². The third-order valence-electron chi connectivity index (χ3n) is 3.40. The summed E-state index contributed by atoms with van der Waals surface area (Å²) in [6.07, 6.45) is 1.49. The minimum absolute atomic E-state index is 0.128. The van der Waals surface area contributed by atoms with Gasteiger partial charge in [-0.25, -0.2) is 0 Å². The minimum atomic E-state index is -0.160. The number of benzene rings is 1. The van der Waals surface area contributed by atoms with Crippen molar-refractivity contribution in [3.8, 4) is 0 Å². The van der Waals surface area contributed by atoms with Gasteiger partial charge in [0.25, 0.3) is 0 Å². The molecule has 110 valence electrons. The number of carbonyl (C=O) groups is 1. The number of hydrogen-bond donors (Lipinski definition) is 2. The fourth-order valence-electron chi connectivity index (χ4n) is 2.38. The first kappa shape index (κ1) is 15.6. The highest BCUT2D eigenvalue weighted by Gasteiger charge is 2.28. The van der Waals surface area contributed by atoms with Crippen molar-refractivity contribution < 1.29 is 9.90 Å². The number of aliphatic hydroxyl groups excluding tert-OH is 1. The van der Waals surface area contributed by atoms with Gasteiger partial charge in [-0.2, -0.15) is 0 Å². The van der Waals surface area contributed by atoms with Crippen LogP contribution in [0.3, 0.4) is 0 Å². The molecule has 1 aliphatic rings. The lowest BCUT2D eigenvalue weighted by Gasteiger charge is -2.34. The fourth-order valence-corrected chi connectivity index (χ4v) is 2.72. The normalized spacial score (nSPS) is 21.6. The van der Waals surface area contributed by atoms with Gasteiger partial charge in [-0.1, -0.05) is 23.2 Å². The average molecular weight is 317 g/mol. The quantitative estimate of drug-likeness (QED) is 0.878. The van der Waals surface area contributed by atoms with E-state index in [1.165, 1.54) is 0 Å². The molecule has 1 fully saturated rings. The maximum absolute atomic E-state index is 11.9. The van der Waals surface area contributed by atoms with E-state index in [-0.39, 0.29) is 18.6 Å². The van der Waals surface area contributed by atoms with Crippen LogP contribution in [-0.2, 0) is 4.79 Å². The topological polar surface area (TPSA) is 52.6 Å². The molecule has 0 unspecified atom stereocenters. The molecule has 0 aliphatic heterocycles. The Hall–Kier alpha value is -0.810. The smallest absolute Gasteiger partial charge is 0.238 e. The molecular formula is C14H18Cl2N2O2. The number of aliphatic hydroxyl groups is 1. The van der Waals surface area contributed by atoms with Gasteiger partial charge in [0.15, 0.2) is 0 Å². The summed E-state index contributed by atoms with van der Waals surface area (Å²) in [6.45, 7) is 1.10. The highest BCUT2D eigenvalue weighted by atomic mass is 35.5. The first-order chi connectivity index (χ1) is 9.44. The van der Waals surface area contributed by atoms with Gasteiger partial charge >= 0.3 is 0 Å². The molecule has 1 aromatic carbocycles. The molecule has 6 heteroatoms. The molecule has 0 spiro atoms. The average Bonchev–Trinajstić information content (AvgIpc) is 2.31. The monoisotopic (exact) mass is 316 g/mol. The van der Waals surface area contributed by atoms with E-state index in [0.717, 1.165) is 19.4 Å². The Morgan fingerprint density at radius 3 is 2.80 bits per heavy atom. The van der Waals surface area contributed by atoms with Crippen molar-refractivity contribution in [1.82, 2.24) is 4.90 Å². The third-order valence-corrected chi connectivity index (χ3v) is 3.96. The number of rotatable bonds is 5. The largest absolute Gasteiger partial charge is 0.393 e. The molecule has 0 heterocycles. The molecule has 0 radical (unpaired) electrons. The van der Waals surface area contributed by atoms with Crippen molar-refractivity contribution in [1.29, 1.82) is 0 Å². The van der Waals surface area contributed by atoms with Crippen molar-refractivity contribution in [3.05, 3.63) is 28.2 Å². The van der Waals surface area contributed by atoms with Crippen LogP contribution in [0.15, 0.2) is 18.2 Å². The summed E-state index contributed by atoms with van der Waals surface area (Å²) in [4.78, 5) is 13.9. The Labute approximate surface area is 128 Å². The number of nitrogens with one attached hydrogen (secondary N) is 1. The molecule has 1 saturated carbocycles. The number of hydrogen-bond acceptors (Lipinski definition) is 3.